The molecule has 2 rings (SSSR count). The summed E-state index contributed by atoms with van der Waals surface area (Å²) in [6.07, 6.45) is 1.13. The van der Waals surface area contributed by atoms with E-state index in [4.69, 9.17) is 9.73 Å². The van der Waals surface area contributed by atoms with Gasteiger partial charge in [0, 0.05) is 42.7 Å². The molecule has 22 heavy (non-hydrogen) atoms. The van der Waals surface area contributed by atoms with Gasteiger partial charge in [-0.1, -0.05) is 20.8 Å². The van der Waals surface area contributed by atoms with Crippen molar-refractivity contribution in [3.05, 3.63) is 0 Å². The van der Waals surface area contributed by atoms with Gasteiger partial charge < -0.3 is 15.0 Å². The smallest absolute Gasteiger partial charge is 0.193 e. The van der Waals surface area contributed by atoms with Crippen LogP contribution in [0.2, 0.25) is 0 Å². The monoisotopic (exact) mass is 441 g/mol. The fourth-order valence-corrected chi connectivity index (χ4v) is 4.10. The minimum Gasteiger partial charge on any atom is -0.381 e. The maximum Gasteiger partial charge on any atom is 0.193 e. The molecule has 0 aliphatic carbocycles. The largest absolute Gasteiger partial charge is 0.381 e. The lowest BCUT2D eigenvalue weighted by Gasteiger charge is -2.36. The van der Waals surface area contributed by atoms with Gasteiger partial charge in [-0.3, -0.25) is 4.99 Å². The normalized spacial score (nSPS) is 29.6. The maximum absolute atomic E-state index is 5.54. The van der Waals surface area contributed by atoms with Gasteiger partial charge in [0.05, 0.1) is 13.2 Å². The SMILES string of the molecule is CCNC(=NCC1(C)CCOC1)N1CCSC(C(C)C)C1.I. The van der Waals surface area contributed by atoms with Crippen LogP contribution in [0.4, 0.5) is 0 Å². The first-order valence-corrected chi connectivity index (χ1v) is 9.31. The van der Waals surface area contributed by atoms with Crippen LogP contribution in [0.25, 0.3) is 0 Å². The molecule has 2 heterocycles. The molecule has 6 heteroatoms. The average Bonchev–Trinajstić information content (AvgIpc) is 2.91. The van der Waals surface area contributed by atoms with Crippen molar-refractivity contribution in [2.24, 2.45) is 16.3 Å². The highest BCUT2D eigenvalue weighted by Crippen LogP contribution is 2.28. The molecule has 1 N–H and O–H groups in total. The highest BCUT2D eigenvalue weighted by Gasteiger charge is 2.30. The summed E-state index contributed by atoms with van der Waals surface area (Å²) in [7, 11) is 0. The number of halogens is 1. The van der Waals surface area contributed by atoms with Gasteiger partial charge in [-0.15, -0.1) is 24.0 Å². The van der Waals surface area contributed by atoms with E-state index in [9.17, 15) is 0 Å². The van der Waals surface area contributed by atoms with Crippen molar-refractivity contribution in [1.82, 2.24) is 10.2 Å². The van der Waals surface area contributed by atoms with Gasteiger partial charge in [0.25, 0.3) is 0 Å². The summed E-state index contributed by atoms with van der Waals surface area (Å²) in [5.41, 5.74) is 0.225. The third-order valence-corrected chi connectivity index (χ3v) is 5.92. The zero-order chi connectivity index (χ0) is 15.3. The number of thioether (sulfide) groups is 1. The van der Waals surface area contributed by atoms with Crippen LogP contribution in [-0.2, 0) is 4.74 Å². The standard InChI is InChI=1S/C16H31N3OS.HI/c1-5-17-15(18-11-16(4)6-8-20-12-16)19-7-9-21-14(10-19)13(2)3;/h13-14H,5-12H2,1-4H3,(H,17,18);1H. The zero-order valence-electron chi connectivity index (χ0n) is 14.4. The van der Waals surface area contributed by atoms with E-state index in [0.717, 1.165) is 57.7 Å². The van der Waals surface area contributed by atoms with Crippen LogP contribution in [0.15, 0.2) is 4.99 Å². The van der Waals surface area contributed by atoms with Crippen LogP contribution < -0.4 is 5.32 Å². The van der Waals surface area contributed by atoms with E-state index in [2.05, 4.69) is 49.7 Å². The summed E-state index contributed by atoms with van der Waals surface area (Å²) in [4.78, 5) is 7.38. The molecule has 2 unspecified atom stereocenters. The van der Waals surface area contributed by atoms with Crippen LogP contribution >= 0.6 is 35.7 Å². The van der Waals surface area contributed by atoms with Gasteiger partial charge in [-0.25, -0.2) is 0 Å². The summed E-state index contributed by atoms with van der Waals surface area (Å²) < 4.78 is 5.54. The average molecular weight is 441 g/mol. The topological polar surface area (TPSA) is 36.9 Å². The Bertz CT molecular complexity index is 359. The van der Waals surface area contributed by atoms with Crippen LogP contribution in [0.5, 0.6) is 0 Å². The Balaban J connectivity index is 0.00000242. The number of guanidine groups is 1. The second-order valence-corrected chi connectivity index (χ2v) is 8.23. The van der Waals surface area contributed by atoms with Gasteiger partial charge in [-0.05, 0) is 19.3 Å². The molecule has 0 radical (unpaired) electrons. The molecule has 0 amide bonds. The molecule has 2 atom stereocenters. The summed E-state index contributed by atoms with van der Waals surface area (Å²) in [5, 5.41) is 4.19. The zero-order valence-corrected chi connectivity index (χ0v) is 17.6. The lowest BCUT2D eigenvalue weighted by atomic mass is 9.90. The van der Waals surface area contributed by atoms with Gasteiger partial charge in [0.15, 0.2) is 5.96 Å². The number of nitrogens with zero attached hydrogens (tertiary/aromatic N) is 2. The Kier molecular flexibility index (Phi) is 8.85. The lowest BCUT2D eigenvalue weighted by Crippen LogP contribution is -2.49. The van der Waals surface area contributed by atoms with Gasteiger partial charge >= 0.3 is 0 Å². The second kappa shape index (κ2) is 9.57. The van der Waals surface area contributed by atoms with E-state index in [1.165, 1.54) is 5.75 Å². The molecule has 0 saturated carbocycles. The molecular formula is C16H32IN3OS. The molecular weight excluding hydrogens is 409 g/mol. The lowest BCUT2D eigenvalue weighted by molar-refractivity contribution is 0.162. The summed E-state index contributed by atoms with van der Waals surface area (Å²) >= 11 is 2.11. The molecule has 2 fully saturated rings. The van der Waals surface area contributed by atoms with Crippen LogP contribution in [-0.4, -0.2) is 61.3 Å². The van der Waals surface area contributed by atoms with Crippen LogP contribution in [0, 0.1) is 11.3 Å². The highest BCUT2D eigenvalue weighted by molar-refractivity contribution is 14.0. The Labute approximate surface area is 157 Å². The predicted molar refractivity (Wildman–Crippen MR) is 108 cm³/mol. The molecule has 2 aliphatic heterocycles. The maximum atomic E-state index is 5.54. The minimum atomic E-state index is 0. The molecule has 2 saturated heterocycles. The van der Waals surface area contributed by atoms with Crippen molar-refractivity contribution in [2.75, 3.05) is 45.1 Å². The Hall–Kier alpha value is 0.310. The Morgan fingerprint density at radius 2 is 2.27 bits per heavy atom. The van der Waals surface area contributed by atoms with E-state index >= 15 is 0 Å². The van der Waals surface area contributed by atoms with Gasteiger partial charge in [0.1, 0.15) is 0 Å². The van der Waals surface area contributed by atoms with Crippen molar-refractivity contribution in [3.8, 4) is 0 Å². The fraction of sp³-hybridized carbons (Fsp3) is 0.938. The number of aliphatic imine (C=N–C) groups is 1. The Morgan fingerprint density at radius 3 is 2.86 bits per heavy atom. The van der Waals surface area contributed by atoms with Crippen molar-refractivity contribution >= 4 is 41.7 Å². The van der Waals surface area contributed by atoms with Crippen LogP contribution in [0.3, 0.4) is 0 Å². The number of ether oxygens (including phenoxy) is 1. The van der Waals surface area contributed by atoms with Crippen molar-refractivity contribution in [2.45, 2.75) is 39.4 Å². The molecule has 0 aromatic rings. The minimum absolute atomic E-state index is 0. The molecule has 0 aromatic carbocycles. The highest BCUT2D eigenvalue weighted by atomic mass is 127. The number of hydrogen-bond donors (Lipinski definition) is 1. The van der Waals surface area contributed by atoms with Crippen LogP contribution in [0.1, 0.15) is 34.1 Å². The molecule has 4 nitrogen and oxygen atoms in total. The van der Waals surface area contributed by atoms with E-state index in [0.29, 0.717) is 5.25 Å². The molecule has 130 valence electrons. The quantitative estimate of drug-likeness (QED) is 0.414. The third kappa shape index (κ3) is 5.74. The first kappa shape index (κ1) is 20.4. The van der Waals surface area contributed by atoms with Gasteiger partial charge in [-0.2, -0.15) is 11.8 Å². The van der Waals surface area contributed by atoms with Crippen molar-refractivity contribution in [3.63, 3.8) is 0 Å². The summed E-state index contributed by atoms with van der Waals surface area (Å²) in [5.74, 6) is 3.02. The third-order valence-electron chi connectivity index (χ3n) is 4.38. The van der Waals surface area contributed by atoms with E-state index in [-0.39, 0.29) is 29.4 Å². The second-order valence-electron chi connectivity index (χ2n) is 6.88. The molecule has 0 aromatic heterocycles. The molecule has 0 spiro atoms. The van der Waals surface area contributed by atoms with Crippen molar-refractivity contribution in [1.29, 1.82) is 0 Å². The van der Waals surface area contributed by atoms with Crippen molar-refractivity contribution < 1.29 is 4.74 Å². The van der Waals surface area contributed by atoms with E-state index in [1.807, 2.05) is 0 Å². The fourth-order valence-electron chi connectivity index (χ4n) is 2.80. The van der Waals surface area contributed by atoms with Gasteiger partial charge in [0.2, 0.25) is 0 Å². The van der Waals surface area contributed by atoms with E-state index < -0.39 is 0 Å². The Morgan fingerprint density at radius 1 is 1.50 bits per heavy atom. The number of hydrogen-bond acceptors (Lipinski definition) is 3. The number of rotatable bonds is 4. The first-order valence-electron chi connectivity index (χ1n) is 8.27. The number of nitrogens with one attached hydrogen (secondary N) is 1. The molecule has 0 bridgehead atoms. The van der Waals surface area contributed by atoms with E-state index in [1.54, 1.807) is 0 Å². The molecule has 2 aliphatic rings. The summed E-state index contributed by atoms with van der Waals surface area (Å²) in [6.45, 7) is 14.8. The predicted octanol–water partition coefficient (Wildman–Crippen LogP) is 3.07. The summed E-state index contributed by atoms with van der Waals surface area (Å²) in [6, 6.07) is 0. The first-order chi connectivity index (χ1) is 10.0.